The van der Waals surface area contributed by atoms with E-state index in [1.807, 2.05) is 0 Å². The zero-order chi connectivity index (χ0) is 9.47. The largest absolute Gasteiger partial charge is 0.300 e. The minimum Gasteiger partial charge on any atom is -0.300 e. The molecule has 2 heteroatoms. The number of hydrogen-bond donors (Lipinski definition) is 0. The fraction of sp³-hybridized carbons (Fsp3) is 1.00. The van der Waals surface area contributed by atoms with E-state index in [9.17, 15) is 4.39 Å². The van der Waals surface area contributed by atoms with Gasteiger partial charge in [0.25, 0.3) is 0 Å². The van der Waals surface area contributed by atoms with E-state index >= 15 is 0 Å². The Bertz CT molecular complexity index is 179. The Morgan fingerprint density at radius 2 is 1.77 bits per heavy atom. The van der Waals surface area contributed by atoms with Gasteiger partial charge in [-0.3, -0.25) is 4.90 Å². The summed E-state index contributed by atoms with van der Waals surface area (Å²) in [6.45, 7) is 7.47. The van der Waals surface area contributed by atoms with E-state index in [1.165, 1.54) is 6.42 Å². The quantitative estimate of drug-likeness (QED) is 0.639. The lowest BCUT2D eigenvalue weighted by Crippen LogP contribution is -2.42. The Kier molecular flexibility index (Phi) is 2.35. The standard InChI is InChI=1S/C11H20FN/c1-9-5-10(2)7-13(6-9)8-11(12)3-4-11/h9-10H,3-8H2,1-2H3. The molecule has 0 radical (unpaired) electrons. The van der Waals surface area contributed by atoms with Gasteiger partial charge in [0.15, 0.2) is 0 Å². The number of likely N-dealkylation sites (tertiary alicyclic amines) is 1. The van der Waals surface area contributed by atoms with Crippen molar-refractivity contribution in [3.63, 3.8) is 0 Å². The Balaban J connectivity index is 1.84. The van der Waals surface area contributed by atoms with Crippen molar-refractivity contribution in [2.75, 3.05) is 19.6 Å². The summed E-state index contributed by atoms with van der Waals surface area (Å²) in [5.41, 5.74) is -0.795. The van der Waals surface area contributed by atoms with Crippen molar-refractivity contribution < 1.29 is 4.39 Å². The first-order chi connectivity index (χ1) is 6.07. The SMILES string of the molecule is CC1CC(C)CN(CC2(F)CC2)C1. The van der Waals surface area contributed by atoms with Gasteiger partial charge in [0.05, 0.1) is 0 Å². The van der Waals surface area contributed by atoms with E-state index in [0.717, 1.165) is 37.8 Å². The van der Waals surface area contributed by atoms with Crippen LogP contribution in [0, 0.1) is 11.8 Å². The average Bonchev–Trinajstić information content (AvgIpc) is 2.64. The second-order valence-corrected chi connectivity index (χ2v) is 5.29. The molecule has 1 heterocycles. The molecule has 0 N–H and O–H groups in total. The van der Waals surface area contributed by atoms with E-state index in [2.05, 4.69) is 18.7 Å². The van der Waals surface area contributed by atoms with Crippen LogP contribution in [0.2, 0.25) is 0 Å². The summed E-state index contributed by atoms with van der Waals surface area (Å²) in [5, 5.41) is 0. The molecule has 1 aliphatic carbocycles. The fourth-order valence-corrected chi connectivity index (χ4v) is 2.62. The molecule has 2 aliphatic rings. The van der Waals surface area contributed by atoms with Crippen LogP contribution >= 0.6 is 0 Å². The van der Waals surface area contributed by atoms with E-state index < -0.39 is 5.67 Å². The fourth-order valence-electron chi connectivity index (χ4n) is 2.62. The van der Waals surface area contributed by atoms with Gasteiger partial charge in [-0.1, -0.05) is 13.8 Å². The van der Waals surface area contributed by atoms with Crippen LogP contribution in [-0.4, -0.2) is 30.2 Å². The van der Waals surface area contributed by atoms with Gasteiger partial charge in [0, 0.05) is 19.6 Å². The zero-order valence-corrected chi connectivity index (χ0v) is 8.72. The molecular weight excluding hydrogens is 165 g/mol. The second-order valence-electron chi connectivity index (χ2n) is 5.29. The Hall–Kier alpha value is -0.110. The third kappa shape index (κ3) is 2.43. The lowest BCUT2D eigenvalue weighted by atomic mass is 9.92. The molecule has 76 valence electrons. The smallest absolute Gasteiger partial charge is 0.123 e. The van der Waals surface area contributed by atoms with Crippen molar-refractivity contribution in [1.29, 1.82) is 0 Å². The molecule has 0 aromatic rings. The summed E-state index contributed by atoms with van der Waals surface area (Å²) in [6.07, 6.45) is 2.91. The molecule has 13 heavy (non-hydrogen) atoms. The molecule has 0 amide bonds. The summed E-state index contributed by atoms with van der Waals surface area (Å²) in [5.74, 6) is 1.51. The van der Waals surface area contributed by atoms with Crippen LogP contribution in [0.5, 0.6) is 0 Å². The van der Waals surface area contributed by atoms with Crippen LogP contribution in [0.4, 0.5) is 4.39 Å². The number of halogens is 1. The van der Waals surface area contributed by atoms with Crippen molar-refractivity contribution in [2.24, 2.45) is 11.8 Å². The number of piperidine rings is 1. The predicted octanol–water partition coefficient (Wildman–Crippen LogP) is 2.47. The number of nitrogens with zero attached hydrogens (tertiary/aromatic N) is 1. The molecule has 0 aromatic heterocycles. The Labute approximate surface area is 80.3 Å². The van der Waals surface area contributed by atoms with Crippen molar-refractivity contribution in [2.45, 2.75) is 38.8 Å². The predicted molar refractivity (Wildman–Crippen MR) is 52.5 cm³/mol. The summed E-state index contributed by atoms with van der Waals surface area (Å²) in [7, 11) is 0. The maximum absolute atomic E-state index is 13.5. The molecule has 0 aromatic carbocycles. The summed E-state index contributed by atoms with van der Waals surface area (Å²) >= 11 is 0. The monoisotopic (exact) mass is 185 g/mol. The van der Waals surface area contributed by atoms with Gasteiger partial charge in [-0.05, 0) is 31.1 Å². The van der Waals surface area contributed by atoms with Gasteiger partial charge in [-0.15, -0.1) is 0 Å². The van der Waals surface area contributed by atoms with Crippen molar-refractivity contribution in [3.05, 3.63) is 0 Å². The molecule has 0 spiro atoms. The Morgan fingerprint density at radius 3 is 2.23 bits per heavy atom. The first-order valence-electron chi connectivity index (χ1n) is 5.49. The van der Waals surface area contributed by atoms with E-state index in [0.29, 0.717) is 6.54 Å². The molecular formula is C11H20FN. The lowest BCUT2D eigenvalue weighted by molar-refractivity contribution is 0.100. The van der Waals surface area contributed by atoms with Crippen LogP contribution in [0.25, 0.3) is 0 Å². The molecule has 2 rings (SSSR count). The molecule has 2 atom stereocenters. The van der Waals surface area contributed by atoms with Crippen LogP contribution < -0.4 is 0 Å². The van der Waals surface area contributed by atoms with Crippen LogP contribution in [-0.2, 0) is 0 Å². The lowest BCUT2D eigenvalue weighted by Gasteiger charge is -2.35. The highest BCUT2D eigenvalue weighted by Crippen LogP contribution is 2.41. The normalized spacial score (nSPS) is 39.0. The van der Waals surface area contributed by atoms with Crippen LogP contribution in [0.3, 0.4) is 0 Å². The second kappa shape index (κ2) is 3.23. The molecule has 0 bridgehead atoms. The average molecular weight is 185 g/mol. The van der Waals surface area contributed by atoms with Gasteiger partial charge < -0.3 is 0 Å². The van der Waals surface area contributed by atoms with Gasteiger partial charge in [0.2, 0.25) is 0 Å². The third-order valence-corrected chi connectivity index (χ3v) is 3.24. The molecule has 1 saturated carbocycles. The molecule has 1 aliphatic heterocycles. The summed E-state index contributed by atoms with van der Waals surface area (Å²) in [6, 6.07) is 0. The van der Waals surface area contributed by atoms with Crippen LogP contribution in [0.15, 0.2) is 0 Å². The minimum atomic E-state index is -0.795. The first kappa shape index (κ1) is 9.45. The number of hydrogen-bond acceptors (Lipinski definition) is 1. The highest BCUT2D eigenvalue weighted by atomic mass is 19.1. The first-order valence-corrected chi connectivity index (χ1v) is 5.49. The van der Waals surface area contributed by atoms with Crippen molar-refractivity contribution >= 4 is 0 Å². The van der Waals surface area contributed by atoms with Gasteiger partial charge >= 0.3 is 0 Å². The zero-order valence-electron chi connectivity index (χ0n) is 8.72. The molecule has 2 fully saturated rings. The van der Waals surface area contributed by atoms with E-state index in [-0.39, 0.29) is 0 Å². The highest BCUT2D eigenvalue weighted by molar-refractivity contribution is 4.97. The van der Waals surface area contributed by atoms with E-state index in [4.69, 9.17) is 0 Å². The van der Waals surface area contributed by atoms with Crippen molar-refractivity contribution in [3.8, 4) is 0 Å². The van der Waals surface area contributed by atoms with Gasteiger partial charge in [-0.2, -0.15) is 0 Å². The molecule has 2 unspecified atom stereocenters. The maximum atomic E-state index is 13.5. The van der Waals surface area contributed by atoms with Gasteiger partial charge in [-0.25, -0.2) is 4.39 Å². The van der Waals surface area contributed by atoms with Gasteiger partial charge in [0.1, 0.15) is 5.67 Å². The molecule has 1 saturated heterocycles. The van der Waals surface area contributed by atoms with Crippen LogP contribution in [0.1, 0.15) is 33.1 Å². The van der Waals surface area contributed by atoms with Crippen molar-refractivity contribution in [1.82, 2.24) is 4.90 Å². The number of alkyl halides is 1. The summed E-state index contributed by atoms with van der Waals surface area (Å²) in [4.78, 5) is 2.33. The number of rotatable bonds is 2. The third-order valence-electron chi connectivity index (χ3n) is 3.24. The minimum absolute atomic E-state index is 0.696. The Morgan fingerprint density at radius 1 is 1.23 bits per heavy atom. The molecule has 1 nitrogen and oxygen atoms in total. The summed E-state index contributed by atoms with van der Waals surface area (Å²) < 4.78 is 13.5. The van der Waals surface area contributed by atoms with E-state index in [1.54, 1.807) is 0 Å². The topological polar surface area (TPSA) is 3.24 Å². The maximum Gasteiger partial charge on any atom is 0.123 e. The highest BCUT2D eigenvalue weighted by Gasteiger charge is 2.45.